The van der Waals surface area contributed by atoms with Gasteiger partial charge in [-0.2, -0.15) is 11.8 Å². The summed E-state index contributed by atoms with van der Waals surface area (Å²) in [4.78, 5) is 28.6. The van der Waals surface area contributed by atoms with Crippen molar-refractivity contribution >= 4 is 29.3 Å². The van der Waals surface area contributed by atoms with Gasteiger partial charge in [0, 0.05) is 62.2 Å². The topological polar surface area (TPSA) is 163 Å². The molecule has 3 aromatic carbocycles. The summed E-state index contributed by atoms with van der Waals surface area (Å²) >= 11 is 1.76. The Kier molecular flexibility index (Phi) is 16.1. The van der Waals surface area contributed by atoms with Crippen molar-refractivity contribution in [3.05, 3.63) is 126 Å². The van der Waals surface area contributed by atoms with Crippen LogP contribution in [0.25, 0.3) is 0 Å². The number of thioether (sulfide) groups is 1. The molecule has 4 aromatic rings. The summed E-state index contributed by atoms with van der Waals surface area (Å²) in [5, 5.41) is 27.4. The first kappa shape index (κ1) is 45.6. The molecule has 13 nitrogen and oxygen atoms in total. The van der Waals surface area contributed by atoms with Crippen LogP contribution in [0.3, 0.4) is 0 Å². The normalized spacial score (nSPS) is 22.8. The number of unbranched alkanes of at least 4 members (excludes halogenated alkanes) is 2. The van der Waals surface area contributed by atoms with E-state index in [9.17, 15) is 15.0 Å². The number of ether oxygens (including phenoxy) is 5. The lowest BCUT2D eigenvalue weighted by Crippen LogP contribution is -2.64. The van der Waals surface area contributed by atoms with Crippen LogP contribution in [0.1, 0.15) is 67.7 Å². The van der Waals surface area contributed by atoms with Gasteiger partial charge in [0.2, 0.25) is 5.79 Å². The molecule has 1 fully saturated rings. The van der Waals surface area contributed by atoms with E-state index < -0.39 is 11.9 Å². The van der Waals surface area contributed by atoms with Crippen molar-refractivity contribution in [3.63, 3.8) is 0 Å². The zero-order valence-electron chi connectivity index (χ0n) is 36.0. The van der Waals surface area contributed by atoms with Crippen LogP contribution in [0, 0.1) is 17.8 Å². The van der Waals surface area contributed by atoms with E-state index in [4.69, 9.17) is 33.7 Å². The molecule has 1 aliphatic heterocycles. The predicted octanol–water partition coefficient (Wildman–Crippen LogP) is 8.91. The number of amides is 1. The lowest BCUT2D eigenvalue weighted by molar-refractivity contribution is -0.223. The molecule has 2 heterocycles. The fourth-order valence-electron chi connectivity index (χ4n) is 9.21. The zero-order valence-corrected chi connectivity index (χ0v) is 36.8. The molecule has 63 heavy (non-hydrogen) atoms. The maximum absolute atomic E-state index is 13.5. The first-order valence-corrected chi connectivity index (χ1v) is 22.8. The monoisotopic (exact) mass is 878 g/mol. The third kappa shape index (κ3) is 10.9. The number of methoxy groups -OCH3 is 2. The van der Waals surface area contributed by atoms with E-state index >= 15 is 0 Å². The number of carbonyl (C=O) groups is 1. The summed E-state index contributed by atoms with van der Waals surface area (Å²) in [6.07, 6.45) is 14.4. The molecule has 1 aromatic heterocycles. The smallest absolute Gasteiger partial charge is 0.417 e. The van der Waals surface area contributed by atoms with Crippen LogP contribution < -0.4 is 24.3 Å². The van der Waals surface area contributed by atoms with E-state index in [-0.39, 0.29) is 48.7 Å². The van der Waals surface area contributed by atoms with Crippen molar-refractivity contribution in [3.8, 4) is 23.0 Å². The van der Waals surface area contributed by atoms with Crippen molar-refractivity contribution < 1.29 is 43.5 Å². The van der Waals surface area contributed by atoms with Gasteiger partial charge in [0.15, 0.2) is 0 Å². The van der Waals surface area contributed by atoms with Crippen LogP contribution in [0.5, 0.6) is 23.0 Å². The maximum Gasteiger partial charge on any atom is 0.417 e. The molecular weight excluding hydrogens is 821 g/mol. The molecule has 14 heteroatoms. The molecule has 0 saturated heterocycles. The number of hydrogen-bond donors (Lipinski definition) is 3. The van der Waals surface area contributed by atoms with E-state index in [2.05, 4.69) is 27.9 Å². The highest BCUT2D eigenvalue weighted by atomic mass is 32.2. The molecule has 6 atom stereocenters. The van der Waals surface area contributed by atoms with E-state index in [1.165, 1.54) is 7.11 Å². The SMILES string of the molecule is C=CCOC12Oc3ccc(OC(=O)Nc4ccc(OC)cc4OC)cc3C3C(CCCCO)C(CCCCO)C=C(C(=NOCc4ccccc4)CC1SCCc1cnccn1)C32. The van der Waals surface area contributed by atoms with Crippen LogP contribution in [-0.4, -0.2) is 82.8 Å². The van der Waals surface area contributed by atoms with Crippen LogP contribution in [0.4, 0.5) is 10.5 Å². The number of aliphatic hydroxyl groups is 2. The van der Waals surface area contributed by atoms with Gasteiger partial charge in [0.1, 0.15) is 29.6 Å². The van der Waals surface area contributed by atoms with Crippen molar-refractivity contribution in [1.29, 1.82) is 0 Å². The number of benzene rings is 3. The molecule has 3 aliphatic rings. The summed E-state index contributed by atoms with van der Waals surface area (Å²) in [5.74, 6) is 1.18. The lowest BCUT2D eigenvalue weighted by Gasteiger charge is -2.58. The summed E-state index contributed by atoms with van der Waals surface area (Å²) in [6, 6.07) is 20.6. The summed E-state index contributed by atoms with van der Waals surface area (Å²) in [7, 11) is 3.08. The Morgan fingerprint density at radius 3 is 2.56 bits per heavy atom. The number of carbonyl (C=O) groups excluding carboxylic acids is 1. The van der Waals surface area contributed by atoms with Gasteiger partial charge in [-0.15, -0.1) is 6.58 Å². The quantitative estimate of drug-likeness (QED) is 0.0391. The van der Waals surface area contributed by atoms with Gasteiger partial charge < -0.3 is 38.7 Å². The fraction of sp³-hybridized carbons (Fsp3) is 0.429. The Bertz CT molecular complexity index is 2190. The van der Waals surface area contributed by atoms with E-state index in [0.717, 1.165) is 59.5 Å². The molecule has 3 N–H and O–H groups in total. The zero-order chi connectivity index (χ0) is 44.0. The van der Waals surface area contributed by atoms with E-state index in [1.807, 2.05) is 42.5 Å². The van der Waals surface area contributed by atoms with E-state index in [1.54, 1.807) is 67.8 Å². The second-order valence-corrected chi connectivity index (χ2v) is 17.2. The molecule has 0 radical (unpaired) electrons. The number of allylic oxidation sites excluding steroid dienone is 1. The highest BCUT2D eigenvalue weighted by molar-refractivity contribution is 8.00. The largest absolute Gasteiger partial charge is 0.497 e. The molecule has 0 spiro atoms. The molecule has 1 amide bonds. The second kappa shape index (κ2) is 22.3. The molecule has 2 aliphatic carbocycles. The number of aliphatic hydroxyl groups excluding tert-OH is 2. The van der Waals surface area contributed by atoms with Crippen molar-refractivity contribution in [2.75, 3.05) is 45.1 Å². The first-order valence-electron chi connectivity index (χ1n) is 21.7. The van der Waals surface area contributed by atoms with Gasteiger partial charge in [-0.25, -0.2) is 4.79 Å². The standard InChI is InChI=1S/C49H58N4O9S/c1-4-25-59-49-45(63-26-20-35-31-50-21-22-51-35)30-42(53-60-32-33-12-6-5-7-13-33)39-27-34(14-8-10-23-54)38(15-9-11-24-55)46(47(39)49)40-28-37(17-19-43(40)62-49)61-48(56)52-41-18-16-36(57-2)29-44(41)58-3/h4-7,12-13,16-19,21-22,27-29,31,34,38,45-47,54-55H,1,8-11,14-15,20,23-26,30,32H2,2-3H3,(H,52,56). The number of hydrogen-bond acceptors (Lipinski definition) is 13. The number of nitrogens with zero attached hydrogens (tertiary/aromatic N) is 3. The number of aryl methyl sites for hydroxylation is 1. The Morgan fingerprint density at radius 1 is 1.00 bits per heavy atom. The third-order valence-electron chi connectivity index (χ3n) is 12.0. The second-order valence-electron chi connectivity index (χ2n) is 15.9. The summed E-state index contributed by atoms with van der Waals surface area (Å²) in [6.45, 7) is 4.80. The van der Waals surface area contributed by atoms with Crippen LogP contribution >= 0.6 is 11.8 Å². The number of anilines is 1. The highest BCUT2D eigenvalue weighted by Gasteiger charge is 2.64. The molecular formula is C49H58N4O9S. The van der Waals surface area contributed by atoms with Gasteiger partial charge in [0.05, 0.1) is 49.1 Å². The van der Waals surface area contributed by atoms with Gasteiger partial charge in [-0.05, 0) is 84.7 Å². The fourth-order valence-corrected chi connectivity index (χ4v) is 10.6. The maximum atomic E-state index is 13.5. The number of rotatable bonds is 22. The highest BCUT2D eigenvalue weighted by Crippen LogP contribution is 2.62. The summed E-state index contributed by atoms with van der Waals surface area (Å²) < 4.78 is 31.2. The molecule has 334 valence electrons. The van der Waals surface area contributed by atoms with Crippen LogP contribution in [0.15, 0.2) is 115 Å². The van der Waals surface area contributed by atoms with Gasteiger partial charge >= 0.3 is 6.09 Å². The minimum Gasteiger partial charge on any atom is -0.497 e. The van der Waals surface area contributed by atoms with Gasteiger partial charge in [-0.1, -0.05) is 60.5 Å². The Labute approximate surface area is 373 Å². The molecule has 0 bridgehead atoms. The average Bonchev–Trinajstić information content (AvgIpc) is 3.31. The minimum absolute atomic E-state index is 0.0702. The Balaban J connectivity index is 1.32. The molecule has 6 unspecified atom stereocenters. The molecule has 7 rings (SSSR count). The summed E-state index contributed by atoms with van der Waals surface area (Å²) in [5.41, 5.74) is 5.07. The van der Waals surface area contributed by atoms with Crippen molar-refractivity contribution in [2.45, 2.75) is 74.9 Å². The van der Waals surface area contributed by atoms with Crippen molar-refractivity contribution in [2.24, 2.45) is 22.9 Å². The van der Waals surface area contributed by atoms with Crippen LogP contribution in [0.2, 0.25) is 0 Å². The Morgan fingerprint density at radius 2 is 1.81 bits per heavy atom. The van der Waals surface area contributed by atoms with E-state index in [0.29, 0.717) is 61.0 Å². The number of aromatic nitrogens is 2. The van der Waals surface area contributed by atoms with Gasteiger partial charge in [0.25, 0.3) is 0 Å². The van der Waals surface area contributed by atoms with Crippen molar-refractivity contribution in [1.82, 2.24) is 9.97 Å². The van der Waals surface area contributed by atoms with Gasteiger partial charge in [-0.3, -0.25) is 15.3 Å². The predicted molar refractivity (Wildman–Crippen MR) is 244 cm³/mol. The third-order valence-corrected chi connectivity index (χ3v) is 13.4. The van der Waals surface area contributed by atoms with Crippen LogP contribution in [-0.2, 0) is 22.6 Å². The number of fused-ring (bicyclic) bond motifs is 2. The molecule has 1 saturated carbocycles. The number of oxime groups is 1. The average molecular weight is 879 g/mol. The lowest BCUT2D eigenvalue weighted by atomic mass is 9.56. The minimum atomic E-state index is -1.15. The number of nitrogens with one attached hydrogen (secondary N) is 1. The Hall–Kier alpha value is -5.41. The first-order chi connectivity index (χ1) is 30.9.